The lowest BCUT2D eigenvalue weighted by molar-refractivity contribution is -0.147. The Hall–Kier alpha value is -3.58. The Labute approximate surface area is 229 Å². The Morgan fingerprint density at radius 3 is 2.55 bits per heavy atom. The molecule has 1 aromatic heterocycles. The van der Waals surface area contributed by atoms with Crippen molar-refractivity contribution in [1.29, 1.82) is 0 Å². The van der Waals surface area contributed by atoms with E-state index in [9.17, 15) is 26.4 Å². The van der Waals surface area contributed by atoms with E-state index in [-0.39, 0.29) is 11.4 Å². The van der Waals surface area contributed by atoms with E-state index in [0.717, 1.165) is 16.3 Å². The summed E-state index contributed by atoms with van der Waals surface area (Å²) in [5.41, 5.74) is 1.61. The van der Waals surface area contributed by atoms with Crippen LogP contribution in [0.1, 0.15) is 43.6 Å². The minimum absolute atomic E-state index is 0.0773. The second-order valence-corrected chi connectivity index (χ2v) is 12.0. The average molecular weight is 580 g/mol. The van der Waals surface area contributed by atoms with Gasteiger partial charge in [0.15, 0.2) is 0 Å². The van der Waals surface area contributed by atoms with Gasteiger partial charge in [0, 0.05) is 49.8 Å². The lowest BCUT2D eigenvalue weighted by Gasteiger charge is -2.22. The zero-order valence-corrected chi connectivity index (χ0v) is 22.6. The van der Waals surface area contributed by atoms with Gasteiger partial charge in [0.1, 0.15) is 17.5 Å². The number of hydrogen-bond donors (Lipinski definition) is 1. The maximum absolute atomic E-state index is 13.4. The number of hydrogen-bond acceptors (Lipinski definition) is 7. The number of imidazole rings is 1. The molecular formula is C27H28F3N3O6S. The number of nitrogens with zero attached hydrogens (tertiary/aromatic N) is 2. The third kappa shape index (κ3) is 6.09. The van der Waals surface area contributed by atoms with E-state index in [4.69, 9.17) is 14.2 Å². The minimum Gasteiger partial charge on any atom is -0.487 e. The first-order valence-corrected chi connectivity index (χ1v) is 14.1. The third-order valence-electron chi connectivity index (χ3n) is 6.70. The van der Waals surface area contributed by atoms with Gasteiger partial charge in [-0.15, -0.1) is 0 Å². The highest BCUT2D eigenvalue weighted by Crippen LogP contribution is 2.41. The Balaban J connectivity index is 1.44. The number of carbonyl (C=O) groups is 1. The summed E-state index contributed by atoms with van der Waals surface area (Å²) in [4.78, 5) is 15.7. The van der Waals surface area contributed by atoms with Gasteiger partial charge in [0.2, 0.25) is 5.82 Å². The van der Waals surface area contributed by atoms with Crippen LogP contribution in [0.5, 0.6) is 5.75 Å². The van der Waals surface area contributed by atoms with Crippen molar-refractivity contribution < 1.29 is 40.6 Å². The number of aromatic nitrogens is 2. The van der Waals surface area contributed by atoms with Crippen LogP contribution >= 0.6 is 0 Å². The summed E-state index contributed by atoms with van der Waals surface area (Å²) in [6.07, 6.45) is -2.33. The van der Waals surface area contributed by atoms with Crippen LogP contribution in [0.15, 0.2) is 53.7 Å². The molecule has 2 aliphatic heterocycles. The topological polar surface area (TPSA) is 109 Å². The van der Waals surface area contributed by atoms with E-state index in [0.29, 0.717) is 54.9 Å². The van der Waals surface area contributed by atoms with Gasteiger partial charge in [-0.05, 0) is 36.6 Å². The Morgan fingerprint density at radius 1 is 1.18 bits per heavy atom. The highest BCUT2D eigenvalue weighted by atomic mass is 32.2. The summed E-state index contributed by atoms with van der Waals surface area (Å²) in [6.45, 7) is 4.52. The molecule has 3 heterocycles. The van der Waals surface area contributed by atoms with Gasteiger partial charge < -0.3 is 18.8 Å². The zero-order chi connectivity index (χ0) is 28.7. The number of rotatable bonds is 6. The standard InChI is InChI=1S/C27H28F3N3O6S/c1-26(2)15-19-13-21(18-5-3-17(4-6-18)16-33-10-9-31-24(33)27(28,29)30)23(14-22(19)39-26)40(35,36)32-25(34)38-20-7-11-37-12-8-20/h3-6,9-10,13-14,20H,7-8,11-12,15-16H2,1-2H3,(H,32,34). The Morgan fingerprint density at radius 2 is 1.88 bits per heavy atom. The fourth-order valence-electron chi connectivity index (χ4n) is 4.89. The number of nitrogens with one attached hydrogen (secondary N) is 1. The summed E-state index contributed by atoms with van der Waals surface area (Å²) in [6, 6.07) is 9.58. The molecular weight excluding hydrogens is 551 g/mol. The van der Waals surface area contributed by atoms with E-state index in [1.165, 1.54) is 12.3 Å². The Kier molecular flexibility index (Phi) is 7.29. The number of fused-ring (bicyclic) bond motifs is 1. The summed E-state index contributed by atoms with van der Waals surface area (Å²) in [5, 5.41) is 0. The number of carbonyl (C=O) groups excluding carboxylic acids is 1. The second-order valence-electron chi connectivity index (χ2n) is 10.4. The molecule has 0 atom stereocenters. The van der Waals surface area contributed by atoms with Crippen LogP contribution < -0.4 is 9.46 Å². The van der Waals surface area contributed by atoms with Crippen molar-refractivity contribution in [3.05, 3.63) is 65.7 Å². The number of alkyl halides is 3. The predicted molar refractivity (Wildman–Crippen MR) is 137 cm³/mol. The van der Waals surface area contributed by atoms with Crippen molar-refractivity contribution in [2.24, 2.45) is 0 Å². The van der Waals surface area contributed by atoms with Crippen LogP contribution in [0.25, 0.3) is 11.1 Å². The monoisotopic (exact) mass is 579 g/mol. The molecule has 0 saturated carbocycles. The molecule has 0 spiro atoms. The van der Waals surface area contributed by atoms with Gasteiger partial charge in [-0.25, -0.2) is 22.9 Å². The molecule has 1 amide bonds. The fraction of sp³-hybridized carbons (Fsp3) is 0.407. The number of ether oxygens (including phenoxy) is 3. The molecule has 0 bridgehead atoms. The number of benzene rings is 2. The second kappa shape index (κ2) is 10.4. The predicted octanol–water partition coefficient (Wildman–Crippen LogP) is 4.92. The largest absolute Gasteiger partial charge is 0.487 e. The van der Waals surface area contributed by atoms with Gasteiger partial charge in [0.25, 0.3) is 10.0 Å². The molecule has 1 fully saturated rings. The number of amides is 1. The molecule has 9 nitrogen and oxygen atoms in total. The van der Waals surface area contributed by atoms with Gasteiger partial charge in [-0.1, -0.05) is 24.3 Å². The molecule has 0 unspecified atom stereocenters. The molecule has 13 heteroatoms. The van der Waals surface area contributed by atoms with Gasteiger partial charge >= 0.3 is 12.3 Å². The summed E-state index contributed by atoms with van der Waals surface area (Å²) >= 11 is 0. The molecule has 214 valence electrons. The highest BCUT2D eigenvalue weighted by molar-refractivity contribution is 7.90. The summed E-state index contributed by atoms with van der Waals surface area (Å²) in [7, 11) is -4.39. The first-order valence-electron chi connectivity index (χ1n) is 12.7. The van der Waals surface area contributed by atoms with Gasteiger partial charge in [0.05, 0.1) is 18.1 Å². The normalized spacial score (nSPS) is 17.2. The van der Waals surface area contributed by atoms with E-state index in [2.05, 4.69) is 4.98 Å². The maximum atomic E-state index is 13.4. The van der Waals surface area contributed by atoms with Crippen LogP contribution in [-0.2, 0) is 38.6 Å². The molecule has 3 aromatic rings. The van der Waals surface area contributed by atoms with Crippen LogP contribution in [0.2, 0.25) is 0 Å². The molecule has 2 aliphatic rings. The quantitative estimate of drug-likeness (QED) is 0.441. The van der Waals surface area contributed by atoms with Gasteiger partial charge in [-0.2, -0.15) is 13.2 Å². The van der Waals surface area contributed by atoms with E-state index < -0.39 is 39.8 Å². The van der Waals surface area contributed by atoms with E-state index in [1.807, 2.05) is 18.6 Å². The molecule has 1 saturated heterocycles. The lowest BCUT2D eigenvalue weighted by atomic mass is 9.97. The number of sulfonamides is 1. The first kappa shape index (κ1) is 28.0. The third-order valence-corrected chi connectivity index (χ3v) is 8.05. The molecule has 0 aliphatic carbocycles. The molecule has 1 N–H and O–H groups in total. The van der Waals surface area contributed by atoms with Gasteiger partial charge in [-0.3, -0.25) is 0 Å². The zero-order valence-electron chi connectivity index (χ0n) is 21.8. The Bertz CT molecular complexity index is 1510. The van der Waals surface area contributed by atoms with Crippen LogP contribution in [0.4, 0.5) is 18.0 Å². The molecule has 5 rings (SSSR count). The van der Waals surface area contributed by atoms with Crippen molar-refractivity contribution in [2.75, 3.05) is 13.2 Å². The van der Waals surface area contributed by atoms with E-state index >= 15 is 0 Å². The van der Waals surface area contributed by atoms with Crippen molar-refractivity contribution in [3.8, 4) is 16.9 Å². The molecule has 40 heavy (non-hydrogen) atoms. The van der Waals surface area contributed by atoms with E-state index in [1.54, 1.807) is 30.3 Å². The van der Waals surface area contributed by atoms with Crippen molar-refractivity contribution in [2.45, 2.75) is 62.4 Å². The maximum Gasteiger partial charge on any atom is 0.449 e. The van der Waals surface area contributed by atoms with Crippen molar-refractivity contribution in [1.82, 2.24) is 14.3 Å². The van der Waals surface area contributed by atoms with Crippen molar-refractivity contribution in [3.63, 3.8) is 0 Å². The number of halogens is 3. The smallest absolute Gasteiger partial charge is 0.449 e. The highest BCUT2D eigenvalue weighted by Gasteiger charge is 2.36. The lowest BCUT2D eigenvalue weighted by Crippen LogP contribution is -2.36. The van der Waals surface area contributed by atoms with Crippen molar-refractivity contribution >= 4 is 16.1 Å². The molecule has 2 aromatic carbocycles. The summed E-state index contributed by atoms with van der Waals surface area (Å²) in [5.74, 6) is -0.617. The average Bonchev–Trinajstić information content (AvgIpc) is 3.46. The minimum atomic E-state index is -4.59. The van der Waals surface area contributed by atoms with Crippen LogP contribution in [-0.4, -0.2) is 49.0 Å². The molecule has 0 radical (unpaired) electrons. The fourth-order valence-corrected chi connectivity index (χ4v) is 6.00. The van der Waals surface area contributed by atoms with Crippen LogP contribution in [0.3, 0.4) is 0 Å². The first-order chi connectivity index (χ1) is 18.8. The van der Waals surface area contributed by atoms with Crippen LogP contribution in [0, 0.1) is 0 Å². The summed E-state index contributed by atoms with van der Waals surface area (Å²) < 4.78 is 86.0. The SMILES string of the molecule is CC1(C)Cc2cc(-c3ccc(Cn4ccnc4C(F)(F)F)cc3)c(S(=O)(=O)NC(=O)OC3CCOCC3)cc2O1.